The van der Waals surface area contributed by atoms with Crippen LogP contribution in [0.2, 0.25) is 5.02 Å². The Kier molecular flexibility index (Phi) is 6.90. The van der Waals surface area contributed by atoms with Crippen molar-refractivity contribution in [1.82, 2.24) is 0 Å². The van der Waals surface area contributed by atoms with Crippen LogP contribution in [0.3, 0.4) is 0 Å². The third-order valence-corrected chi connectivity index (χ3v) is 7.27. The van der Waals surface area contributed by atoms with Crippen LogP contribution in [0.4, 0.5) is 15.8 Å². The summed E-state index contributed by atoms with van der Waals surface area (Å²) in [4.78, 5) is 47.1. The number of nitrogens with zero attached hydrogens (tertiary/aromatic N) is 2. The van der Waals surface area contributed by atoms with Crippen molar-refractivity contribution in [2.45, 2.75) is 12.1 Å². The summed E-state index contributed by atoms with van der Waals surface area (Å²) < 4.78 is 24.7. The minimum Gasteiger partial charge on any atom is -0.493 e. The molecule has 0 bridgehead atoms. The van der Waals surface area contributed by atoms with Gasteiger partial charge in [0.2, 0.25) is 5.91 Å². The summed E-state index contributed by atoms with van der Waals surface area (Å²) in [6, 6.07) is 24.6. The summed E-state index contributed by atoms with van der Waals surface area (Å²) in [5.74, 6) is -2.61. The predicted octanol–water partition coefficient (Wildman–Crippen LogP) is 5.76. The fourth-order valence-electron chi connectivity index (χ4n) is 5.10. The average Bonchev–Trinajstić information content (AvgIpc) is 3.50. The Balaban J connectivity index is 1.38. The van der Waals surface area contributed by atoms with Crippen LogP contribution < -0.4 is 19.4 Å². The van der Waals surface area contributed by atoms with E-state index in [9.17, 15) is 18.8 Å². The van der Waals surface area contributed by atoms with E-state index in [1.54, 1.807) is 72.8 Å². The molecular formula is C31H22ClFN2O6. The van der Waals surface area contributed by atoms with Gasteiger partial charge in [-0.3, -0.25) is 14.4 Å². The summed E-state index contributed by atoms with van der Waals surface area (Å²) in [5, 5.41) is 2.01. The molecule has 10 heteroatoms. The van der Waals surface area contributed by atoms with Crippen molar-refractivity contribution in [2.24, 2.45) is 5.92 Å². The standard InChI is InChI=1S/C31H22ClFN2O6/c1-39-25-17-19(7-16-24(25)40-31(38)18-5-3-2-4-6-18)27-26-28(41-35(27)23-12-8-20(32)9-13-23)30(37)34(29(26)36)22-14-10-21(33)11-15-22/h2-17,26-28H,1H3/t26-,27+,28+/m1/s1. The summed E-state index contributed by atoms with van der Waals surface area (Å²) in [5.41, 5.74) is 1.76. The van der Waals surface area contributed by atoms with E-state index in [4.69, 9.17) is 25.9 Å². The van der Waals surface area contributed by atoms with Crippen molar-refractivity contribution in [3.63, 3.8) is 0 Å². The van der Waals surface area contributed by atoms with Gasteiger partial charge in [0.1, 0.15) is 11.7 Å². The minimum absolute atomic E-state index is 0.181. The van der Waals surface area contributed by atoms with Crippen molar-refractivity contribution in [3.8, 4) is 11.5 Å². The van der Waals surface area contributed by atoms with E-state index >= 15 is 0 Å². The lowest BCUT2D eigenvalue weighted by atomic mass is 9.90. The number of hydrogen-bond acceptors (Lipinski definition) is 7. The predicted molar refractivity (Wildman–Crippen MR) is 148 cm³/mol. The Hall–Kier alpha value is -4.73. The van der Waals surface area contributed by atoms with Gasteiger partial charge in [-0.2, -0.15) is 0 Å². The van der Waals surface area contributed by atoms with E-state index in [1.165, 1.54) is 36.4 Å². The highest BCUT2D eigenvalue weighted by atomic mass is 35.5. The van der Waals surface area contributed by atoms with E-state index in [0.29, 0.717) is 21.8 Å². The number of ether oxygens (including phenoxy) is 2. The quantitative estimate of drug-likeness (QED) is 0.165. The summed E-state index contributed by atoms with van der Waals surface area (Å²) >= 11 is 6.10. The van der Waals surface area contributed by atoms with Crippen molar-refractivity contribution in [2.75, 3.05) is 17.1 Å². The van der Waals surface area contributed by atoms with Crippen LogP contribution in [0.1, 0.15) is 22.0 Å². The highest BCUT2D eigenvalue weighted by Gasteiger charge is 2.60. The van der Waals surface area contributed by atoms with Crippen molar-refractivity contribution in [3.05, 3.63) is 119 Å². The SMILES string of the molecule is COc1cc([C@H]2[C@H]3C(=O)N(c4ccc(F)cc4)C(=O)[C@H]3ON2c2ccc(Cl)cc2)ccc1OC(=O)c1ccccc1. The molecule has 2 fully saturated rings. The van der Waals surface area contributed by atoms with Gasteiger partial charge in [0, 0.05) is 5.02 Å². The lowest BCUT2D eigenvalue weighted by Crippen LogP contribution is -2.37. The zero-order valence-corrected chi connectivity index (χ0v) is 22.3. The van der Waals surface area contributed by atoms with Gasteiger partial charge in [-0.1, -0.05) is 35.9 Å². The van der Waals surface area contributed by atoms with E-state index in [1.807, 2.05) is 0 Å². The number of hydrogen-bond donors (Lipinski definition) is 0. The lowest BCUT2D eigenvalue weighted by molar-refractivity contribution is -0.126. The average molecular weight is 573 g/mol. The summed E-state index contributed by atoms with van der Waals surface area (Å²) in [6.07, 6.45) is -1.13. The molecule has 2 aliphatic heterocycles. The van der Waals surface area contributed by atoms with Crippen LogP contribution in [0.25, 0.3) is 0 Å². The smallest absolute Gasteiger partial charge is 0.343 e. The first kappa shape index (κ1) is 26.5. The Bertz CT molecular complexity index is 1630. The first-order valence-electron chi connectivity index (χ1n) is 12.7. The number of carbonyl (C=O) groups is 3. The molecule has 0 N–H and O–H groups in total. The molecule has 2 amide bonds. The number of hydroxylamine groups is 1. The molecule has 0 saturated carbocycles. The Morgan fingerprint density at radius 1 is 0.854 bits per heavy atom. The lowest BCUT2D eigenvalue weighted by Gasteiger charge is -2.29. The Morgan fingerprint density at radius 3 is 2.22 bits per heavy atom. The fraction of sp³-hybridized carbons (Fsp3) is 0.129. The van der Waals surface area contributed by atoms with Gasteiger partial charge in [0.05, 0.1) is 30.1 Å². The molecule has 0 radical (unpaired) electrons. The maximum atomic E-state index is 13.8. The fourth-order valence-corrected chi connectivity index (χ4v) is 5.22. The highest BCUT2D eigenvalue weighted by Crippen LogP contribution is 2.49. The molecule has 0 spiro atoms. The molecule has 8 nitrogen and oxygen atoms in total. The highest BCUT2D eigenvalue weighted by molar-refractivity contribution is 6.30. The normalized spacial score (nSPS) is 19.8. The zero-order valence-electron chi connectivity index (χ0n) is 21.6. The number of fused-ring (bicyclic) bond motifs is 1. The second-order valence-electron chi connectivity index (χ2n) is 9.45. The van der Waals surface area contributed by atoms with E-state index in [2.05, 4.69) is 0 Å². The number of carbonyl (C=O) groups excluding carboxylic acids is 3. The molecule has 6 rings (SSSR count). The summed E-state index contributed by atoms with van der Waals surface area (Å²) in [6.45, 7) is 0. The van der Waals surface area contributed by atoms with Crippen LogP contribution >= 0.6 is 11.6 Å². The zero-order chi connectivity index (χ0) is 28.7. The Labute approximate surface area is 239 Å². The number of imide groups is 1. The molecule has 206 valence electrons. The number of esters is 1. The largest absolute Gasteiger partial charge is 0.493 e. The van der Waals surface area contributed by atoms with Crippen LogP contribution in [0.15, 0.2) is 97.1 Å². The molecule has 0 aliphatic carbocycles. The molecule has 0 aromatic heterocycles. The molecule has 4 aromatic rings. The van der Waals surface area contributed by atoms with Crippen molar-refractivity contribution >= 4 is 40.8 Å². The van der Waals surface area contributed by atoms with Gasteiger partial charge < -0.3 is 9.47 Å². The third kappa shape index (κ3) is 4.79. The third-order valence-electron chi connectivity index (χ3n) is 7.02. The number of benzene rings is 4. The molecule has 2 heterocycles. The molecule has 3 atom stereocenters. The van der Waals surface area contributed by atoms with Crippen molar-refractivity contribution < 1.29 is 33.1 Å². The number of halogens is 2. The molecule has 2 aliphatic rings. The van der Waals surface area contributed by atoms with Crippen LogP contribution in [-0.4, -0.2) is 31.0 Å². The second kappa shape index (κ2) is 10.7. The number of amides is 2. The summed E-state index contributed by atoms with van der Waals surface area (Å²) in [7, 11) is 1.43. The van der Waals surface area contributed by atoms with Gasteiger partial charge in [-0.15, -0.1) is 0 Å². The van der Waals surface area contributed by atoms with Gasteiger partial charge in [0.15, 0.2) is 17.6 Å². The van der Waals surface area contributed by atoms with E-state index in [0.717, 1.165) is 4.90 Å². The van der Waals surface area contributed by atoms with E-state index < -0.39 is 41.7 Å². The maximum Gasteiger partial charge on any atom is 0.343 e. The minimum atomic E-state index is -1.13. The Morgan fingerprint density at radius 2 is 1.54 bits per heavy atom. The number of rotatable bonds is 6. The monoisotopic (exact) mass is 572 g/mol. The maximum absolute atomic E-state index is 13.8. The first-order valence-corrected chi connectivity index (χ1v) is 13.0. The first-order chi connectivity index (χ1) is 19.9. The van der Waals surface area contributed by atoms with E-state index in [-0.39, 0.29) is 17.2 Å². The second-order valence-corrected chi connectivity index (χ2v) is 9.89. The molecule has 0 unspecified atom stereocenters. The molecular weight excluding hydrogens is 551 g/mol. The van der Waals surface area contributed by atoms with Gasteiger partial charge in [-0.25, -0.2) is 19.1 Å². The van der Waals surface area contributed by atoms with Crippen LogP contribution in [0.5, 0.6) is 11.5 Å². The van der Waals surface area contributed by atoms with Gasteiger partial charge in [0.25, 0.3) is 5.91 Å². The van der Waals surface area contributed by atoms with Gasteiger partial charge in [-0.05, 0) is 78.4 Å². The van der Waals surface area contributed by atoms with Crippen LogP contribution in [0, 0.1) is 11.7 Å². The molecule has 2 saturated heterocycles. The molecule has 4 aromatic carbocycles. The molecule has 41 heavy (non-hydrogen) atoms. The topological polar surface area (TPSA) is 85.4 Å². The van der Waals surface area contributed by atoms with Gasteiger partial charge >= 0.3 is 5.97 Å². The number of methoxy groups -OCH3 is 1. The number of anilines is 2. The van der Waals surface area contributed by atoms with Crippen LogP contribution in [-0.2, 0) is 14.4 Å². The van der Waals surface area contributed by atoms with Crippen molar-refractivity contribution in [1.29, 1.82) is 0 Å².